The Morgan fingerprint density at radius 3 is 2.47 bits per heavy atom. The van der Waals surface area contributed by atoms with Gasteiger partial charge in [-0.2, -0.15) is 0 Å². The van der Waals surface area contributed by atoms with E-state index in [2.05, 4.69) is 24.0 Å². The largest absolute Gasteiger partial charge is 0.357 e. The van der Waals surface area contributed by atoms with Crippen molar-refractivity contribution in [3.8, 4) is 0 Å². The summed E-state index contributed by atoms with van der Waals surface area (Å²) < 4.78 is -0.0434. The van der Waals surface area contributed by atoms with Gasteiger partial charge in [-0.1, -0.05) is 52.3 Å². The second-order valence-corrected chi connectivity index (χ2v) is 6.04. The minimum absolute atomic E-state index is 0.0434. The Balaban J connectivity index is 2.23. The van der Waals surface area contributed by atoms with Gasteiger partial charge >= 0.3 is 0 Å². The van der Waals surface area contributed by atoms with E-state index in [1.54, 1.807) is 0 Å². The lowest BCUT2D eigenvalue weighted by Crippen LogP contribution is -2.21. The molecule has 1 aromatic heterocycles. The second kappa shape index (κ2) is 5.67. The standard InChI is InChI=1S/C12H12ClNOS2/c1-2-14(8-9-6-4-3-5-7-9)11-10(13)12(15)17-16-11/h3-7H,2,8H2,1H3. The fourth-order valence-corrected chi connectivity index (χ4v) is 4.32. The van der Waals surface area contributed by atoms with Gasteiger partial charge in [0.25, 0.3) is 4.74 Å². The SMILES string of the molecule is CCN(Cc1ccccc1)c1ssc(=O)c1Cl. The third-order valence-corrected chi connectivity index (χ3v) is 5.26. The molecule has 0 aliphatic rings. The zero-order valence-corrected chi connectivity index (χ0v) is 11.7. The topological polar surface area (TPSA) is 20.3 Å². The monoisotopic (exact) mass is 285 g/mol. The van der Waals surface area contributed by atoms with E-state index >= 15 is 0 Å². The molecule has 0 bridgehead atoms. The summed E-state index contributed by atoms with van der Waals surface area (Å²) in [6.45, 7) is 3.68. The Kier molecular flexibility index (Phi) is 4.20. The fraction of sp³-hybridized carbons (Fsp3) is 0.250. The molecular formula is C12H12ClNOS2. The Morgan fingerprint density at radius 2 is 1.94 bits per heavy atom. The van der Waals surface area contributed by atoms with Crippen molar-refractivity contribution in [3.05, 3.63) is 50.5 Å². The lowest BCUT2D eigenvalue weighted by Gasteiger charge is -2.21. The Bertz CT molecular complexity index is 535. The van der Waals surface area contributed by atoms with Crippen molar-refractivity contribution in [1.82, 2.24) is 0 Å². The first-order valence-corrected chi connectivity index (χ1v) is 7.82. The average molecular weight is 286 g/mol. The van der Waals surface area contributed by atoms with Crippen LogP contribution in [0, 0.1) is 0 Å². The maximum absolute atomic E-state index is 11.4. The molecule has 0 saturated carbocycles. The summed E-state index contributed by atoms with van der Waals surface area (Å²) in [7, 11) is 2.65. The third-order valence-electron chi connectivity index (χ3n) is 2.45. The van der Waals surface area contributed by atoms with E-state index in [9.17, 15) is 4.79 Å². The van der Waals surface area contributed by atoms with Crippen molar-refractivity contribution in [2.75, 3.05) is 11.4 Å². The second-order valence-electron chi connectivity index (χ2n) is 3.57. The highest BCUT2D eigenvalue weighted by Crippen LogP contribution is 2.32. The predicted octanol–water partition coefficient (Wildman–Crippen LogP) is 3.85. The molecule has 2 nitrogen and oxygen atoms in total. The number of nitrogens with zero attached hydrogens (tertiary/aromatic N) is 1. The summed E-state index contributed by atoms with van der Waals surface area (Å²) in [5.41, 5.74) is 1.22. The van der Waals surface area contributed by atoms with Crippen LogP contribution in [0.3, 0.4) is 0 Å². The molecule has 1 aromatic carbocycles. The van der Waals surface area contributed by atoms with E-state index < -0.39 is 0 Å². The van der Waals surface area contributed by atoms with Crippen LogP contribution in [0.25, 0.3) is 0 Å². The Morgan fingerprint density at radius 1 is 1.24 bits per heavy atom. The van der Waals surface area contributed by atoms with Crippen LogP contribution >= 0.6 is 32.3 Å². The summed E-state index contributed by atoms with van der Waals surface area (Å²) in [5.74, 6) is 0. The van der Waals surface area contributed by atoms with Crippen LogP contribution in [0.5, 0.6) is 0 Å². The van der Waals surface area contributed by atoms with Gasteiger partial charge in [0, 0.05) is 13.1 Å². The number of hydrogen-bond donors (Lipinski definition) is 0. The van der Waals surface area contributed by atoms with Crippen LogP contribution in [-0.2, 0) is 6.54 Å². The van der Waals surface area contributed by atoms with E-state index in [1.807, 2.05) is 18.2 Å². The predicted molar refractivity (Wildman–Crippen MR) is 76.6 cm³/mol. The van der Waals surface area contributed by atoms with Crippen molar-refractivity contribution in [1.29, 1.82) is 0 Å². The van der Waals surface area contributed by atoms with Crippen molar-refractivity contribution >= 4 is 37.3 Å². The molecule has 0 saturated heterocycles. The molecule has 0 aliphatic carbocycles. The summed E-state index contributed by atoms with van der Waals surface area (Å²) in [4.78, 5) is 13.5. The molecule has 17 heavy (non-hydrogen) atoms. The van der Waals surface area contributed by atoms with Crippen LogP contribution in [0.4, 0.5) is 5.00 Å². The first-order chi connectivity index (χ1) is 8.22. The molecule has 5 heteroatoms. The van der Waals surface area contributed by atoms with Crippen LogP contribution < -0.4 is 9.64 Å². The van der Waals surface area contributed by atoms with Gasteiger partial charge in [-0.25, -0.2) is 0 Å². The highest BCUT2D eigenvalue weighted by atomic mass is 35.5. The summed E-state index contributed by atoms with van der Waals surface area (Å²) >= 11 is 6.02. The highest BCUT2D eigenvalue weighted by Gasteiger charge is 2.14. The van der Waals surface area contributed by atoms with Crippen molar-refractivity contribution in [2.24, 2.45) is 0 Å². The fourth-order valence-electron chi connectivity index (χ4n) is 1.56. The van der Waals surface area contributed by atoms with Crippen LogP contribution in [0.2, 0.25) is 5.02 Å². The van der Waals surface area contributed by atoms with Gasteiger partial charge in [0.15, 0.2) is 0 Å². The third kappa shape index (κ3) is 2.89. The minimum Gasteiger partial charge on any atom is -0.357 e. The van der Waals surface area contributed by atoms with Gasteiger partial charge in [0.05, 0.1) is 0 Å². The summed E-state index contributed by atoms with van der Waals surface area (Å²) in [5, 5.41) is 1.24. The van der Waals surface area contributed by atoms with Gasteiger partial charge in [-0.3, -0.25) is 4.79 Å². The highest BCUT2D eigenvalue weighted by molar-refractivity contribution is 7.70. The molecule has 0 atom stereocenters. The van der Waals surface area contributed by atoms with Gasteiger partial charge in [-0.05, 0) is 22.8 Å². The number of hydrogen-bond acceptors (Lipinski definition) is 4. The molecule has 0 fully saturated rings. The molecule has 2 aromatic rings. The van der Waals surface area contributed by atoms with Gasteiger partial charge in [0.2, 0.25) is 0 Å². The van der Waals surface area contributed by atoms with Crippen molar-refractivity contribution in [2.45, 2.75) is 13.5 Å². The lowest BCUT2D eigenvalue weighted by atomic mass is 10.2. The molecule has 2 rings (SSSR count). The van der Waals surface area contributed by atoms with Crippen molar-refractivity contribution < 1.29 is 0 Å². The number of rotatable bonds is 4. The average Bonchev–Trinajstić information content (AvgIpc) is 2.69. The molecule has 0 aliphatic heterocycles. The first kappa shape index (κ1) is 12.6. The number of benzene rings is 1. The molecule has 90 valence electrons. The lowest BCUT2D eigenvalue weighted by molar-refractivity contribution is 0.841. The Labute approximate surface area is 112 Å². The molecule has 0 radical (unpaired) electrons. The van der Waals surface area contributed by atoms with Gasteiger partial charge in [-0.15, -0.1) is 0 Å². The van der Waals surface area contributed by atoms with E-state index in [1.165, 1.54) is 26.2 Å². The first-order valence-electron chi connectivity index (χ1n) is 5.30. The maximum Gasteiger partial charge on any atom is 0.263 e. The molecule has 1 heterocycles. The van der Waals surface area contributed by atoms with E-state index in [0.717, 1.165) is 18.1 Å². The minimum atomic E-state index is -0.0434. The molecule has 0 N–H and O–H groups in total. The van der Waals surface area contributed by atoms with Crippen LogP contribution in [0.15, 0.2) is 35.1 Å². The summed E-state index contributed by atoms with van der Waals surface area (Å²) in [6.07, 6.45) is 0. The maximum atomic E-state index is 11.4. The number of anilines is 1. The Hall–Kier alpha value is -0.840. The normalized spacial score (nSPS) is 10.5. The van der Waals surface area contributed by atoms with E-state index in [4.69, 9.17) is 11.6 Å². The van der Waals surface area contributed by atoms with E-state index in [0.29, 0.717) is 5.02 Å². The molecule has 0 amide bonds. The number of halogens is 1. The zero-order chi connectivity index (χ0) is 12.3. The van der Waals surface area contributed by atoms with Gasteiger partial charge < -0.3 is 4.90 Å². The van der Waals surface area contributed by atoms with E-state index in [-0.39, 0.29) is 4.74 Å². The smallest absolute Gasteiger partial charge is 0.263 e. The van der Waals surface area contributed by atoms with Gasteiger partial charge in [0.1, 0.15) is 10.0 Å². The quantitative estimate of drug-likeness (QED) is 0.795. The summed E-state index contributed by atoms with van der Waals surface area (Å²) in [6, 6.07) is 10.2. The van der Waals surface area contributed by atoms with Crippen LogP contribution in [0.1, 0.15) is 12.5 Å². The zero-order valence-electron chi connectivity index (χ0n) is 9.35. The molecule has 0 spiro atoms. The molecule has 0 unspecified atom stereocenters. The van der Waals surface area contributed by atoms with Crippen molar-refractivity contribution in [3.63, 3.8) is 0 Å². The molecular weight excluding hydrogens is 274 g/mol. The van der Waals surface area contributed by atoms with Crippen LogP contribution in [-0.4, -0.2) is 6.54 Å².